The van der Waals surface area contributed by atoms with Crippen molar-refractivity contribution >= 4 is 5.96 Å². The number of para-hydroxylation sites is 1. The molecule has 0 spiro atoms. The molecule has 0 aliphatic carbocycles. The van der Waals surface area contributed by atoms with Crippen LogP contribution in [0.3, 0.4) is 0 Å². The van der Waals surface area contributed by atoms with Crippen molar-refractivity contribution in [2.24, 2.45) is 4.99 Å². The first-order valence-electron chi connectivity index (χ1n) is 10.3. The largest absolute Gasteiger partial charge is 0.494 e. The molecule has 1 unspecified atom stereocenters. The summed E-state index contributed by atoms with van der Waals surface area (Å²) in [7, 11) is 1.79. The van der Waals surface area contributed by atoms with Gasteiger partial charge in [-0.05, 0) is 37.6 Å². The summed E-state index contributed by atoms with van der Waals surface area (Å²) in [5, 5.41) is 6.79. The van der Waals surface area contributed by atoms with Crippen LogP contribution in [0.4, 0.5) is 0 Å². The van der Waals surface area contributed by atoms with E-state index in [4.69, 9.17) is 13.9 Å². The average molecular weight is 401 g/mol. The zero-order valence-corrected chi connectivity index (χ0v) is 17.4. The van der Waals surface area contributed by atoms with Gasteiger partial charge < -0.3 is 24.5 Å². The van der Waals surface area contributed by atoms with Crippen LogP contribution in [0, 0.1) is 6.92 Å². The Balaban J connectivity index is 1.44. The number of hydrogen-bond acceptors (Lipinski definition) is 5. The van der Waals surface area contributed by atoms with Crippen molar-refractivity contribution in [3.05, 3.63) is 54.0 Å². The van der Waals surface area contributed by atoms with Gasteiger partial charge in [-0.3, -0.25) is 9.89 Å². The number of morpholine rings is 1. The minimum Gasteiger partial charge on any atom is -0.494 e. The molecule has 0 bridgehead atoms. The van der Waals surface area contributed by atoms with Crippen molar-refractivity contribution in [2.75, 3.05) is 53.0 Å². The van der Waals surface area contributed by atoms with E-state index >= 15 is 0 Å². The Morgan fingerprint density at radius 2 is 1.93 bits per heavy atom. The Bertz CT molecular complexity index is 742. The van der Waals surface area contributed by atoms with Gasteiger partial charge >= 0.3 is 0 Å². The molecule has 7 heteroatoms. The summed E-state index contributed by atoms with van der Waals surface area (Å²) >= 11 is 0. The summed E-state index contributed by atoms with van der Waals surface area (Å²) in [5.41, 5.74) is 0. The highest BCUT2D eigenvalue weighted by Crippen LogP contribution is 2.23. The Morgan fingerprint density at radius 1 is 1.14 bits per heavy atom. The fourth-order valence-corrected chi connectivity index (χ4v) is 3.33. The summed E-state index contributed by atoms with van der Waals surface area (Å²) in [6, 6.07) is 14.1. The van der Waals surface area contributed by atoms with Gasteiger partial charge in [-0.1, -0.05) is 18.2 Å². The lowest BCUT2D eigenvalue weighted by Crippen LogP contribution is -2.46. The van der Waals surface area contributed by atoms with Crippen LogP contribution in [-0.4, -0.2) is 63.9 Å². The molecular weight excluding hydrogens is 368 g/mol. The Labute approximate surface area is 173 Å². The van der Waals surface area contributed by atoms with Crippen molar-refractivity contribution in [1.29, 1.82) is 0 Å². The lowest BCUT2D eigenvalue weighted by molar-refractivity contribution is 0.0124. The third-order valence-corrected chi connectivity index (χ3v) is 4.89. The number of ether oxygens (including phenoxy) is 2. The average Bonchev–Trinajstić information content (AvgIpc) is 3.19. The normalized spacial score (nSPS) is 16.4. The first kappa shape index (κ1) is 21.2. The summed E-state index contributed by atoms with van der Waals surface area (Å²) in [4.78, 5) is 6.74. The molecule has 29 heavy (non-hydrogen) atoms. The van der Waals surface area contributed by atoms with Crippen molar-refractivity contribution in [2.45, 2.75) is 19.4 Å². The van der Waals surface area contributed by atoms with Crippen molar-refractivity contribution < 1.29 is 13.9 Å². The van der Waals surface area contributed by atoms with Crippen LogP contribution in [-0.2, 0) is 4.74 Å². The van der Waals surface area contributed by atoms with E-state index in [-0.39, 0.29) is 6.04 Å². The number of aryl methyl sites for hydroxylation is 1. The van der Waals surface area contributed by atoms with Gasteiger partial charge in [0.2, 0.25) is 0 Å². The van der Waals surface area contributed by atoms with Crippen LogP contribution in [0.15, 0.2) is 51.9 Å². The van der Waals surface area contributed by atoms with Crippen LogP contribution < -0.4 is 15.4 Å². The summed E-state index contributed by atoms with van der Waals surface area (Å²) < 4.78 is 17.2. The zero-order chi connectivity index (χ0) is 20.3. The molecule has 2 N–H and O–H groups in total. The van der Waals surface area contributed by atoms with Crippen LogP contribution in [0.1, 0.15) is 24.0 Å². The summed E-state index contributed by atoms with van der Waals surface area (Å²) in [5.74, 6) is 3.59. The van der Waals surface area contributed by atoms with Crippen molar-refractivity contribution in [3.63, 3.8) is 0 Å². The smallest absolute Gasteiger partial charge is 0.191 e. The topological polar surface area (TPSA) is 71.3 Å². The van der Waals surface area contributed by atoms with Gasteiger partial charge in [0.15, 0.2) is 5.96 Å². The second-order valence-electron chi connectivity index (χ2n) is 7.01. The highest BCUT2D eigenvalue weighted by Gasteiger charge is 2.25. The number of hydrogen-bond donors (Lipinski definition) is 2. The molecule has 0 radical (unpaired) electrons. The first-order chi connectivity index (χ1) is 14.3. The van der Waals surface area contributed by atoms with E-state index in [1.54, 1.807) is 7.05 Å². The second-order valence-corrected chi connectivity index (χ2v) is 7.01. The quantitative estimate of drug-likeness (QED) is 0.383. The number of guanidine groups is 1. The van der Waals surface area contributed by atoms with E-state index in [0.717, 1.165) is 62.5 Å². The molecule has 0 amide bonds. The van der Waals surface area contributed by atoms with Crippen molar-refractivity contribution in [1.82, 2.24) is 15.5 Å². The Hall–Kier alpha value is -2.51. The minimum atomic E-state index is 0.146. The molecule has 1 atom stereocenters. The predicted octanol–water partition coefficient (Wildman–Crippen LogP) is 2.60. The molecule has 3 rings (SSSR count). The van der Waals surface area contributed by atoms with Gasteiger partial charge in [-0.25, -0.2) is 0 Å². The summed E-state index contributed by atoms with van der Waals surface area (Å²) in [6.07, 6.45) is 0.889. The van der Waals surface area contributed by atoms with Gasteiger partial charge in [-0.15, -0.1) is 0 Å². The molecule has 1 fully saturated rings. The van der Waals surface area contributed by atoms with E-state index in [1.807, 2.05) is 43.3 Å². The third kappa shape index (κ3) is 6.80. The fraction of sp³-hybridized carbons (Fsp3) is 0.500. The van der Waals surface area contributed by atoms with Gasteiger partial charge in [0.05, 0.1) is 25.9 Å². The third-order valence-electron chi connectivity index (χ3n) is 4.89. The van der Waals surface area contributed by atoms with Gasteiger partial charge in [-0.2, -0.15) is 0 Å². The monoisotopic (exact) mass is 400 g/mol. The Kier molecular flexibility index (Phi) is 8.40. The molecule has 1 aliphatic heterocycles. The number of benzene rings is 1. The summed E-state index contributed by atoms with van der Waals surface area (Å²) in [6.45, 7) is 7.45. The zero-order valence-electron chi connectivity index (χ0n) is 17.4. The second kappa shape index (κ2) is 11.5. The SMILES string of the molecule is CN=C(NCCCOc1ccccc1)NCC(c1ccc(C)o1)N1CCOCC1. The minimum absolute atomic E-state index is 0.146. The fourth-order valence-electron chi connectivity index (χ4n) is 3.33. The lowest BCUT2D eigenvalue weighted by atomic mass is 10.1. The molecule has 1 aliphatic rings. The van der Waals surface area contributed by atoms with Crippen LogP contribution in [0.25, 0.3) is 0 Å². The predicted molar refractivity (Wildman–Crippen MR) is 114 cm³/mol. The molecule has 2 heterocycles. The highest BCUT2D eigenvalue weighted by molar-refractivity contribution is 5.79. The maximum atomic E-state index is 5.92. The van der Waals surface area contributed by atoms with Gasteiger partial charge in [0, 0.05) is 33.2 Å². The first-order valence-corrected chi connectivity index (χ1v) is 10.3. The Morgan fingerprint density at radius 3 is 2.62 bits per heavy atom. The molecule has 0 saturated carbocycles. The van der Waals surface area contributed by atoms with Crippen molar-refractivity contribution in [3.8, 4) is 5.75 Å². The number of nitrogens with zero attached hydrogens (tertiary/aromatic N) is 2. The molecule has 1 aromatic heterocycles. The molecule has 158 valence electrons. The van der Waals surface area contributed by atoms with Crippen LogP contribution in [0.5, 0.6) is 5.75 Å². The maximum absolute atomic E-state index is 5.92. The van der Waals surface area contributed by atoms with E-state index in [2.05, 4.69) is 26.6 Å². The number of rotatable bonds is 9. The maximum Gasteiger partial charge on any atom is 0.191 e. The standard InChI is InChI=1S/C22H32N4O3/c1-18-9-10-21(29-18)20(26-12-15-27-16-13-26)17-25-22(23-2)24-11-6-14-28-19-7-4-3-5-8-19/h3-5,7-10,20H,6,11-17H2,1-2H3,(H2,23,24,25). The molecule has 2 aromatic rings. The molecule has 7 nitrogen and oxygen atoms in total. The van der Waals surface area contributed by atoms with E-state index in [1.165, 1.54) is 0 Å². The van der Waals surface area contributed by atoms with E-state index in [9.17, 15) is 0 Å². The van der Waals surface area contributed by atoms with Gasteiger partial charge in [0.25, 0.3) is 0 Å². The number of nitrogens with one attached hydrogen (secondary N) is 2. The number of furan rings is 1. The van der Waals surface area contributed by atoms with Crippen LogP contribution in [0.2, 0.25) is 0 Å². The molecule has 1 aromatic carbocycles. The van der Waals surface area contributed by atoms with Crippen LogP contribution >= 0.6 is 0 Å². The lowest BCUT2D eigenvalue weighted by Gasteiger charge is -2.33. The van der Waals surface area contributed by atoms with E-state index in [0.29, 0.717) is 13.2 Å². The molecule has 1 saturated heterocycles. The van der Waals surface area contributed by atoms with E-state index < -0.39 is 0 Å². The number of aliphatic imine (C=N–C) groups is 1. The molecular formula is C22H32N4O3. The van der Waals surface area contributed by atoms with Gasteiger partial charge in [0.1, 0.15) is 17.3 Å². The highest BCUT2D eigenvalue weighted by atomic mass is 16.5.